The fraction of sp³-hybridized carbons (Fsp3) is 0.278. The Bertz CT molecular complexity index is 626. The van der Waals surface area contributed by atoms with Crippen molar-refractivity contribution in [1.82, 2.24) is 10.6 Å². The van der Waals surface area contributed by atoms with Crippen LogP contribution in [0.5, 0.6) is 0 Å². The van der Waals surface area contributed by atoms with E-state index in [1.54, 1.807) is 0 Å². The van der Waals surface area contributed by atoms with Gasteiger partial charge in [0.2, 0.25) is 5.91 Å². The van der Waals surface area contributed by atoms with Gasteiger partial charge in [-0.15, -0.1) is 0 Å². The van der Waals surface area contributed by atoms with Gasteiger partial charge in [0.25, 0.3) is 0 Å². The minimum Gasteiger partial charge on any atom is -0.355 e. The SMILES string of the molecule is C[C@@H](NCC(=O)NCCc1ccc(Cl)cc1)c1ccc(Cl)cc1. The van der Waals surface area contributed by atoms with Gasteiger partial charge >= 0.3 is 0 Å². The Morgan fingerprint density at radius 3 is 2.17 bits per heavy atom. The van der Waals surface area contributed by atoms with Crippen LogP contribution >= 0.6 is 23.2 Å². The van der Waals surface area contributed by atoms with Crippen molar-refractivity contribution in [3.8, 4) is 0 Å². The molecule has 1 atom stereocenters. The number of halogens is 2. The van der Waals surface area contributed by atoms with Gasteiger partial charge in [0, 0.05) is 22.6 Å². The first-order valence-corrected chi connectivity index (χ1v) is 8.30. The third-order valence-corrected chi connectivity index (χ3v) is 4.09. The largest absolute Gasteiger partial charge is 0.355 e. The summed E-state index contributed by atoms with van der Waals surface area (Å²) in [7, 11) is 0. The molecule has 0 saturated carbocycles. The molecule has 0 heterocycles. The highest BCUT2D eigenvalue weighted by atomic mass is 35.5. The van der Waals surface area contributed by atoms with Gasteiger partial charge in [-0.05, 0) is 48.7 Å². The Hall–Kier alpha value is -1.55. The van der Waals surface area contributed by atoms with Crippen molar-refractivity contribution in [2.45, 2.75) is 19.4 Å². The maximum Gasteiger partial charge on any atom is 0.233 e. The molecule has 0 unspecified atom stereocenters. The summed E-state index contributed by atoms with van der Waals surface area (Å²) in [5, 5.41) is 7.54. The van der Waals surface area contributed by atoms with Gasteiger partial charge in [0.15, 0.2) is 0 Å². The molecule has 5 heteroatoms. The van der Waals surface area contributed by atoms with E-state index in [0.717, 1.165) is 22.6 Å². The average Bonchev–Trinajstić information content (AvgIpc) is 2.55. The first kappa shape index (κ1) is 17.8. The summed E-state index contributed by atoms with van der Waals surface area (Å²) in [6.45, 7) is 2.91. The highest BCUT2D eigenvalue weighted by Crippen LogP contribution is 2.15. The normalized spacial score (nSPS) is 12.0. The number of hydrogen-bond donors (Lipinski definition) is 2. The van der Waals surface area contributed by atoms with Gasteiger partial charge in [-0.2, -0.15) is 0 Å². The summed E-state index contributed by atoms with van der Waals surface area (Å²) in [4.78, 5) is 11.9. The van der Waals surface area contributed by atoms with Crippen molar-refractivity contribution in [1.29, 1.82) is 0 Å². The maximum atomic E-state index is 11.9. The molecule has 0 bridgehead atoms. The van der Waals surface area contributed by atoms with Crippen LogP contribution in [0.3, 0.4) is 0 Å². The summed E-state index contributed by atoms with van der Waals surface area (Å²) in [5.74, 6) is -0.0141. The first-order chi connectivity index (χ1) is 11.0. The minimum absolute atomic E-state index is 0.0141. The van der Waals surface area contributed by atoms with Crippen molar-refractivity contribution < 1.29 is 4.79 Å². The molecule has 2 aromatic rings. The molecular weight excluding hydrogens is 331 g/mol. The molecule has 0 aliphatic carbocycles. The molecule has 1 amide bonds. The Morgan fingerprint density at radius 2 is 1.57 bits per heavy atom. The Balaban J connectivity index is 1.68. The molecule has 23 heavy (non-hydrogen) atoms. The molecule has 2 N–H and O–H groups in total. The quantitative estimate of drug-likeness (QED) is 0.792. The molecule has 2 aromatic carbocycles. The number of hydrogen-bond acceptors (Lipinski definition) is 2. The highest BCUT2D eigenvalue weighted by molar-refractivity contribution is 6.30. The third-order valence-electron chi connectivity index (χ3n) is 3.59. The van der Waals surface area contributed by atoms with E-state index in [4.69, 9.17) is 23.2 Å². The van der Waals surface area contributed by atoms with Crippen LogP contribution in [0, 0.1) is 0 Å². The van der Waals surface area contributed by atoms with Gasteiger partial charge in [-0.1, -0.05) is 47.5 Å². The van der Waals surface area contributed by atoms with E-state index in [2.05, 4.69) is 10.6 Å². The van der Waals surface area contributed by atoms with E-state index in [9.17, 15) is 4.79 Å². The number of rotatable bonds is 7. The fourth-order valence-electron chi connectivity index (χ4n) is 2.17. The lowest BCUT2D eigenvalue weighted by molar-refractivity contribution is -0.120. The highest BCUT2D eigenvalue weighted by Gasteiger charge is 2.07. The fourth-order valence-corrected chi connectivity index (χ4v) is 2.43. The molecule has 0 aliphatic heterocycles. The summed E-state index contributed by atoms with van der Waals surface area (Å²) in [6.07, 6.45) is 0.787. The number of nitrogens with one attached hydrogen (secondary N) is 2. The molecule has 0 aromatic heterocycles. The molecule has 0 radical (unpaired) electrons. The number of benzene rings is 2. The monoisotopic (exact) mass is 350 g/mol. The van der Waals surface area contributed by atoms with Gasteiger partial charge in [-0.25, -0.2) is 0 Å². The smallest absolute Gasteiger partial charge is 0.233 e. The van der Waals surface area contributed by atoms with Crippen molar-refractivity contribution in [2.75, 3.05) is 13.1 Å². The standard InChI is InChI=1S/C18H20Cl2N2O/c1-13(15-4-8-17(20)9-5-15)22-12-18(23)21-11-10-14-2-6-16(19)7-3-14/h2-9,13,22H,10-12H2,1H3,(H,21,23)/t13-/m1/s1. The summed E-state index contributed by atoms with van der Waals surface area (Å²) in [6, 6.07) is 15.3. The van der Waals surface area contributed by atoms with Gasteiger partial charge in [0.05, 0.1) is 6.54 Å². The van der Waals surface area contributed by atoms with E-state index in [1.807, 2.05) is 55.5 Å². The molecule has 2 rings (SSSR count). The van der Waals surface area contributed by atoms with Crippen LogP contribution in [0.1, 0.15) is 24.1 Å². The van der Waals surface area contributed by atoms with Crippen molar-refractivity contribution in [3.63, 3.8) is 0 Å². The van der Waals surface area contributed by atoms with Crippen molar-refractivity contribution in [3.05, 3.63) is 69.7 Å². The topological polar surface area (TPSA) is 41.1 Å². The van der Waals surface area contributed by atoms with Crippen LogP contribution in [0.4, 0.5) is 0 Å². The summed E-state index contributed by atoms with van der Waals surface area (Å²) < 4.78 is 0. The van der Waals surface area contributed by atoms with E-state index in [1.165, 1.54) is 0 Å². The molecule has 0 spiro atoms. The lowest BCUT2D eigenvalue weighted by Gasteiger charge is -2.14. The van der Waals surface area contributed by atoms with E-state index in [0.29, 0.717) is 11.6 Å². The lowest BCUT2D eigenvalue weighted by Crippen LogP contribution is -2.36. The lowest BCUT2D eigenvalue weighted by atomic mass is 10.1. The van der Waals surface area contributed by atoms with Crippen LogP contribution in [-0.4, -0.2) is 19.0 Å². The number of carbonyl (C=O) groups excluding carboxylic acids is 1. The van der Waals surface area contributed by atoms with E-state index in [-0.39, 0.29) is 18.5 Å². The summed E-state index contributed by atoms with van der Waals surface area (Å²) in [5.41, 5.74) is 2.25. The zero-order valence-electron chi connectivity index (χ0n) is 13.0. The van der Waals surface area contributed by atoms with Gasteiger partial charge in [0.1, 0.15) is 0 Å². The zero-order valence-corrected chi connectivity index (χ0v) is 14.5. The molecule has 122 valence electrons. The molecule has 0 saturated heterocycles. The van der Waals surface area contributed by atoms with Crippen LogP contribution in [-0.2, 0) is 11.2 Å². The van der Waals surface area contributed by atoms with Crippen LogP contribution < -0.4 is 10.6 Å². The number of carbonyl (C=O) groups is 1. The average molecular weight is 351 g/mol. The Labute approximate surface area is 147 Å². The first-order valence-electron chi connectivity index (χ1n) is 7.54. The molecule has 0 fully saturated rings. The third kappa shape index (κ3) is 6.22. The second-order valence-electron chi connectivity index (χ2n) is 5.38. The van der Waals surface area contributed by atoms with Crippen LogP contribution in [0.25, 0.3) is 0 Å². The minimum atomic E-state index is -0.0141. The predicted molar refractivity (Wildman–Crippen MR) is 96.0 cm³/mol. The maximum absolute atomic E-state index is 11.9. The van der Waals surface area contributed by atoms with Crippen LogP contribution in [0.2, 0.25) is 10.0 Å². The number of amides is 1. The Morgan fingerprint density at radius 1 is 1.00 bits per heavy atom. The molecule has 0 aliphatic rings. The van der Waals surface area contributed by atoms with E-state index < -0.39 is 0 Å². The predicted octanol–water partition coefficient (Wildman–Crippen LogP) is 4.00. The van der Waals surface area contributed by atoms with Gasteiger partial charge < -0.3 is 10.6 Å². The van der Waals surface area contributed by atoms with Crippen molar-refractivity contribution in [2.24, 2.45) is 0 Å². The Kier molecular flexibility index (Phi) is 6.90. The molecule has 3 nitrogen and oxygen atoms in total. The van der Waals surface area contributed by atoms with Crippen LogP contribution in [0.15, 0.2) is 48.5 Å². The zero-order chi connectivity index (χ0) is 16.7. The van der Waals surface area contributed by atoms with Gasteiger partial charge in [-0.3, -0.25) is 4.79 Å². The second-order valence-corrected chi connectivity index (χ2v) is 6.25. The summed E-state index contributed by atoms with van der Waals surface area (Å²) >= 11 is 11.7. The second kappa shape index (κ2) is 8.92. The molecular formula is C18H20Cl2N2O. The van der Waals surface area contributed by atoms with Crippen molar-refractivity contribution >= 4 is 29.1 Å². The van der Waals surface area contributed by atoms with E-state index >= 15 is 0 Å².